The number of anilines is 2. The molecule has 0 bridgehead atoms. The summed E-state index contributed by atoms with van der Waals surface area (Å²) in [5.41, 5.74) is 0.867. The molecule has 1 aliphatic heterocycles. The quantitative estimate of drug-likeness (QED) is 0.666. The predicted octanol–water partition coefficient (Wildman–Crippen LogP) is 0.605. The molecule has 1 heterocycles. The minimum Gasteiger partial charge on any atom is -0.380 e. The molecule has 3 N–H and O–H groups in total. The van der Waals surface area contributed by atoms with E-state index in [2.05, 4.69) is 20.3 Å². The van der Waals surface area contributed by atoms with Crippen LogP contribution in [0.4, 0.5) is 16.2 Å². The van der Waals surface area contributed by atoms with Crippen molar-refractivity contribution in [2.75, 3.05) is 64.0 Å². The van der Waals surface area contributed by atoms with Crippen LogP contribution in [0.2, 0.25) is 0 Å². The van der Waals surface area contributed by atoms with Gasteiger partial charge in [0.2, 0.25) is 0 Å². The summed E-state index contributed by atoms with van der Waals surface area (Å²) in [5, 5.41) is 5.54. The van der Waals surface area contributed by atoms with E-state index in [0.29, 0.717) is 31.1 Å². The topological polar surface area (TPSA) is 103 Å². The number of amides is 2. The van der Waals surface area contributed by atoms with Crippen LogP contribution in [0.5, 0.6) is 0 Å². The highest BCUT2D eigenvalue weighted by Crippen LogP contribution is 2.16. The number of likely N-dealkylation sites (N-methyl/N-ethyl adjacent to an activating group) is 1. The van der Waals surface area contributed by atoms with Crippen molar-refractivity contribution in [2.45, 2.75) is 0 Å². The summed E-state index contributed by atoms with van der Waals surface area (Å²) in [7, 11) is 1.31. The highest BCUT2D eigenvalue weighted by Gasteiger charge is 2.17. The van der Waals surface area contributed by atoms with Crippen molar-refractivity contribution in [3.05, 3.63) is 24.3 Å². The Hall–Kier alpha value is -1.88. The summed E-state index contributed by atoms with van der Waals surface area (Å²) >= 11 is 0. The van der Waals surface area contributed by atoms with E-state index < -0.39 is 10.2 Å². The van der Waals surface area contributed by atoms with Crippen molar-refractivity contribution in [3.63, 3.8) is 0 Å². The lowest BCUT2D eigenvalue weighted by atomic mass is 10.1. The average molecular weight is 385 g/mol. The molecule has 0 radical (unpaired) electrons. The molecule has 0 aliphatic carbocycles. The summed E-state index contributed by atoms with van der Waals surface area (Å²) in [6.07, 6.45) is 0. The van der Waals surface area contributed by atoms with Gasteiger partial charge in [-0.05, 0) is 25.2 Å². The third-order valence-corrected chi connectivity index (χ3v) is 5.40. The summed E-state index contributed by atoms with van der Waals surface area (Å²) in [6.45, 7) is 3.57. The van der Waals surface area contributed by atoms with E-state index in [1.165, 1.54) is 14.1 Å². The third kappa shape index (κ3) is 6.45. The fraction of sp³-hybridized carbons (Fsp3) is 0.562. The molecule has 2 amide bonds. The Morgan fingerprint density at radius 3 is 2.81 bits per heavy atom. The SMILES string of the molecule is CN1CCOCC(CNC(=O)Nc2cccc(NS(=O)(=O)N(C)C)c2)C1. The number of rotatable bonds is 6. The van der Waals surface area contributed by atoms with Gasteiger partial charge in [-0.3, -0.25) is 4.72 Å². The highest BCUT2D eigenvalue weighted by atomic mass is 32.2. The number of hydrogen-bond donors (Lipinski definition) is 3. The lowest BCUT2D eigenvalue weighted by molar-refractivity contribution is 0.122. The van der Waals surface area contributed by atoms with Crippen molar-refractivity contribution in [3.8, 4) is 0 Å². The Morgan fingerprint density at radius 1 is 1.35 bits per heavy atom. The van der Waals surface area contributed by atoms with Gasteiger partial charge in [-0.25, -0.2) is 4.79 Å². The van der Waals surface area contributed by atoms with E-state index in [9.17, 15) is 13.2 Å². The Balaban J connectivity index is 1.88. The fourth-order valence-corrected chi connectivity index (χ4v) is 3.10. The van der Waals surface area contributed by atoms with Crippen molar-refractivity contribution in [1.82, 2.24) is 14.5 Å². The average Bonchev–Trinajstić information content (AvgIpc) is 2.77. The number of nitrogens with zero attached hydrogens (tertiary/aromatic N) is 2. The summed E-state index contributed by atoms with van der Waals surface area (Å²) < 4.78 is 32.8. The number of benzene rings is 1. The van der Waals surface area contributed by atoms with Gasteiger partial charge in [0.05, 0.1) is 18.9 Å². The lowest BCUT2D eigenvalue weighted by Crippen LogP contribution is -2.37. The first-order valence-electron chi connectivity index (χ1n) is 8.38. The van der Waals surface area contributed by atoms with Crippen LogP contribution in [0.25, 0.3) is 0 Å². The van der Waals surface area contributed by atoms with E-state index in [4.69, 9.17) is 4.74 Å². The van der Waals surface area contributed by atoms with Gasteiger partial charge in [0.15, 0.2) is 0 Å². The Morgan fingerprint density at radius 2 is 2.08 bits per heavy atom. The second-order valence-corrected chi connectivity index (χ2v) is 8.39. The molecule has 0 spiro atoms. The van der Waals surface area contributed by atoms with Crippen LogP contribution in [-0.4, -0.2) is 77.6 Å². The maximum atomic E-state index is 12.1. The van der Waals surface area contributed by atoms with Crippen molar-refractivity contribution in [1.29, 1.82) is 0 Å². The first kappa shape index (κ1) is 20.4. The maximum Gasteiger partial charge on any atom is 0.319 e. The van der Waals surface area contributed by atoms with Crippen LogP contribution in [0.1, 0.15) is 0 Å². The van der Waals surface area contributed by atoms with Crippen LogP contribution in [0.15, 0.2) is 24.3 Å². The zero-order chi connectivity index (χ0) is 19.2. The van der Waals surface area contributed by atoms with Gasteiger partial charge in [-0.1, -0.05) is 6.07 Å². The summed E-state index contributed by atoms with van der Waals surface area (Å²) in [6, 6.07) is 6.18. The van der Waals surface area contributed by atoms with Crippen LogP contribution < -0.4 is 15.4 Å². The molecule has 0 saturated carbocycles. The van der Waals surface area contributed by atoms with Crippen molar-refractivity contribution >= 4 is 27.6 Å². The predicted molar refractivity (Wildman–Crippen MR) is 101 cm³/mol. The second kappa shape index (κ2) is 9.17. The van der Waals surface area contributed by atoms with Crippen LogP contribution >= 0.6 is 0 Å². The number of nitrogens with one attached hydrogen (secondary N) is 3. The smallest absolute Gasteiger partial charge is 0.319 e. The number of carbonyl (C=O) groups excluding carboxylic acids is 1. The molecule has 9 nitrogen and oxygen atoms in total. The molecule has 1 aromatic rings. The Kier molecular flexibility index (Phi) is 7.21. The molecule has 1 aromatic carbocycles. The minimum atomic E-state index is -3.59. The largest absolute Gasteiger partial charge is 0.380 e. The van der Waals surface area contributed by atoms with Gasteiger partial charge in [-0.15, -0.1) is 0 Å². The van der Waals surface area contributed by atoms with E-state index in [1.807, 2.05) is 7.05 Å². The molecule has 26 heavy (non-hydrogen) atoms. The Labute approximate surface area is 154 Å². The molecule has 1 atom stereocenters. The van der Waals surface area contributed by atoms with E-state index >= 15 is 0 Å². The van der Waals surface area contributed by atoms with E-state index in [-0.39, 0.29) is 11.9 Å². The highest BCUT2D eigenvalue weighted by molar-refractivity contribution is 7.90. The van der Waals surface area contributed by atoms with Gasteiger partial charge >= 0.3 is 16.2 Å². The molecular formula is C16H27N5O4S. The normalized spacial score (nSPS) is 19.0. The molecule has 1 unspecified atom stereocenters. The molecule has 1 saturated heterocycles. The fourth-order valence-electron chi connectivity index (χ4n) is 2.49. The zero-order valence-corrected chi connectivity index (χ0v) is 16.2. The second-order valence-electron chi connectivity index (χ2n) is 6.51. The minimum absolute atomic E-state index is 0.228. The Bertz CT molecular complexity index is 710. The summed E-state index contributed by atoms with van der Waals surface area (Å²) in [4.78, 5) is 14.3. The number of urea groups is 1. The molecule has 1 fully saturated rings. The molecule has 0 aromatic heterocycles. The van der Waals surface area contributed by atoms with Crippen molar-refractivity contribution < 1.29 is 17.9 Å². The first-order chi connectivity index (χ1) is 12.3. The molecule has 2 rings (SSSR count). The molecule has 146 valence electrons. The number of ether oxygens (including phenoxy) is 1. The number of carbonyl (C=O) groups is 1. The first-order valence-corrected chi connectivity index (χ1v) is 9.82. The van der Waals surface area contributed by atoms with Gasteiger partial charge < -0.3 is 20.3 Å². The standard InChI is InChI=1S/C16H27N5O4S/c1-20(2)26(23,24)19-15-6-4-5-14(9-15)18-16(22)17-10-13-11-21(3)7-8-25-12-13/h4-6,9,13,19H,7-8,10-12H2,1-3H3,(H2,17,18,22). The van der Waals surface area contributed by atoms with Crippen LogP contribution in [-0.2, 0) is 14.9 Å². The summed E-state index contributed by atoms with van der Waals surface area (Å²) in [5.74, 6) is 0.228. The van der Waals surface area contributed by atoms with Gasteiger partial charge in [0.1, 0.15) is 0 Å². The molecular weight excluding hydrogens is 358 g/mol. The van der Waals surface area contributed by atoms with Gasteiger partial charge in [0, 0.05) is 45.3 Å². The van der Waals surface area contributed by atoms with Gasteiger partial charge in [0.25, 0.3) is 0 Å². The molecule has 1 aliphatic rings. The van der Waals surface area contributed by atoms with Crippen LogP contribution in [0.3, 0.4) is 0 Å². The number of hydrogen-bond acceptors (Lipinski definition) is 5. The van der Waals surface area contributed by atoms with E-state index in [1.54, 1.807) is 24.3 Å². The zero-order valence-electron chi connectivity index (χ0n) is 15.4. The monoisotopic (exact) mass is 385 g/mol. The van der Waals surface area contributed by atoms with Gasteiger partial charge in [-0.2, -0.15) is 12.7 Å². The maximum absolute atomic E-state index is 12.1. The third-order valence-electron chi connectivity index (χ3n) is 3.94. The van der Waals surface area contributed by atoms with E-state index in [0.717, 1.165) is 17.4 Å². The molecule has 10 heteroatoms. The lowest BCUT2D eigenvalue weighted by Gasteiger charge is -2.19. The van der Waals surface area contributed by atoms with Crippen molar-refractivity contribution in [2.24, 2.45) is 5.92 Å². The van der Waals surface area contributed by atoms with Crippen LogP contribution in [0, 0.1) is 5.92 Å².